The fraction of sp³-hybridized carbons (Fsp3) is 0.276. The van der Waals surface area contributed by atoms with E-state index in [1.54, 1.807) is 0 Å². The van der Waals surface area contributed by atoms with Crippen molar-refractivity contribution < 1.29 is 9.53 Å². The van der Waals surface area contributed by atoms with E-state index in [4.69, 9.17) is 4.74 Å². The summed E-state index contributed by atoms with van der Waals surface area (Å²) in [6, 6.07) is 25.9. The van der Waals surface area contributed by atoms with Gasteiger partial charge in [0, 0.05) is 6.04 Å². The number of amides is 1. The number of carbonyl (C=O) groups excluding carboxylic acids is 1. The molecule has 2 bridgehead atoms. The van der Waals surface area contributed by atoms with Crippen molar-refractivity contribution in [2.24, 2.45) is 0 Å². The monoisotopic (exact) mass is 421 g/mol. The first-order chi connectivity index (χ1) is 15.8. The van der Waals surface area contributed by atoms with Crippen molar-refractivity contribution in [3.05, 3.63) is 101 Å². The minimum absolute atomic E-state index is 0.131. The molecule has 2 heterocycles. The van der Waals surface area contributed by atoms with Gasteiger partial charge in [-0.2, -0.15) is 0 Å². The van der Waals surface area contributed by atoms with Crippen LogP contribution in [-0.4, -0.2) is 23.1 Å². The van der Waals surface area contributed by atoms with Crippen molar-refractivity contribution in [2.75, 3.05) is 0 Å². The summed E-state index contributed by atoms with van der Waals surface area (Å²) in [7, 11) is 0. The molecule has 3 aromatic carbocycles. The number of rotatable bonds is 3. The Bertz CT molecular complexity index is 1200. The van der Waals surface area contributed by atoms with E-state index in [-0.39, 0.29) is 18.2 Å². The van der Waals surface area contributed by atoms with Crippen molar-refractivity contribution >= 4 is 11.7 Å². The molecule has 2 unspecified atom stereocenters. The second-order valence-corrected chi connectivity index (χ2v) is 9.20. The molecule has 3 nitrogen and oxygen atoms in total. The summed E-state index contributed by atoms with van der Waals surface area (Å²) in [5.41, 5.74) is 9.29. The molecule has 2 aliphatic heterocycles. The van der Waals surface area contributed by atoms with Gasteiger partial charge in [-0.15, -0.1) is 0 Å². The number of hydrogen-bond acceptors (Lipinski definition) is 2. The highest BCUT2D eigenvalue weighted by atomic mass is 16.6. The molecule has 6 rings (SSSR count). The Hall–Kier alpha value is -3.33. The molecule has 0 aromatic heterocycles. The van der Waals surface area contributed by atoms with Crippen molar-refractivity contribution in [3.63, 3.8) is 0 Å². The Labute approximate surface area is 189 Å². The highest BCUT2D eigenvalue weighted by Gasteiger charge is 2.38. The standard InChI is InChI=1S/C29H27NO2/c31-29(32-19-20-7-2-1-3-8-20)30-25-10-6-11-26(30)18-23(17-25)21-13-14-28-24(15-21)16-22-9-4-5-12-27(22)28/h1-5,7-9,12-15,17,25-26H,6,10-11,16,18-19H2. The third-order valence-corrected chi connectivity index (χ3v) is 7.22. The van der Waals surface area contributed by atoms with Crippen LogP contribution in [0.1, 0.15) is 47.9 Å². The first-order valence-corrected chi connectivity index (χ1v) is 11.7. The summed E-state index contributed by atoms with van der Waals surface area (Å²) >= 11 is 0. The van der Waals surface area contributed by atoms with E-state index in [1.165, 1.54) is 39.8 Å². The topological polar surface area (TPSA) is 29.5 Å². The number of ether oxygens (including phenoxy) is 1. The van der Waals surface area contributed by atoms with Crippen molar-refractivity contribution in [1.82, 2.24) is 4.90 Å². The van der Waals surface area contributed by atoms with Gasteiger partial charge in [-0.3, -0.25) is 4.90 Å². The van der Waals surface area contributed by atoms with Crippen LogP contribution >= 0.6 is 0 Å². The highest BCUT2D eigenvalue weighted by molar-refractivity contribution is 5.80. The SMILES string of the molecule is O=C(OCc1ccccc1)N1C2C=C(c3ccc4c(c3)Cc3ccccc3-4)CC1CCC2. The number of hydrogen-bond donors (Lipinski definition) is 0. The van der Waals surface area contributed by atoms with Gasteiger partial charge in [-0.25, -0.2) is 4.79 Å². The predicted molar refractivity (Wildman–Crippen MR) is 127 cm³/mol. The maximum Gasteiger partial charge on any atom is 0.410 e. The fourth-order valence-corrected chi connectivity index (χ4v) is 5.67. The molecule has 0 radical (unpaired) electrons. The van der Waals surface area contributed by atoms with Crippen LogP contribution in [0, 0.1) is 0 Å². The molecule has 0 spiro atoms. The smallest absolute Gasteiger partial charge is 0.410 e. The minimum atomic E-state index is -0.178. The van der Waals surface area contributed by atoms with Crippen molar-refractivity contribution in [3.8, 4) is 11.1 Å². The van der Waals surface area contributed by atoms with Crippen LogP contribution in [0.15, 0.2) is 78.9 Å². The second kappa shape index (κ2) is 7.98. The zero-order valence-corrected chi connectivity index (χ0v) is 18.2. The van der Waals surface area contributed by atoms with Gasteiger partial charge in [-0.1, -0.05) is 78.9 Å². The molecule has 160 valence electrons. The molecule has 0 saturated carbocycles. The molecule has 1 aliphatic carbocycles. The van der Waals surface area contributed by atoms with E-state index in [0.717, 1.165) is 31.2 Å². The van der Waals surface area contributed by atoms with Crippen molar-refractivity contribution in [2.45, 2.75) is 50.8 Å². The average Bonchev–Trinajstić information content (AvgIpc) is 3.20. The highest BCUT2D eigenvalue weighted by Crippen LogP contribution is 2.41. The largest absolute Gasteiger partial charge is 0.445 e. The Morgan fingerprint density at radius 3 is 2.59 bits per heavy atom. The summed E-state index contributed by atoms with van der Waals surface area (Å²) in [6.07, 6.45) is 7.29. The lowest BCUT2D eigenvalue weighted by atomic mass is 9.82. The molecule has 2 atom stereocenters. The van der Waals surface area contributed by atoms with Crippen LogP contribution in [-0.2, 0) is 17.8 Å². The Balaban J connectivity index is 1.22. The molecule has 1 amide bonds. The lowest BCUT2D eigenvalue weighted by molar-refractivity contribution is 0.0510. The van der Waals surface area contributed by atoms with Crippen molar-refractivity contribution in [1.29, 1.82) is 0 Å². The number of piperidine rings is 1. The van der Waals surface area contributed by atoms with Gasteiger partial charge in [0.2, 0.25) is 0 Å². The summed E-state index contributed by atoms with van der Waals surface area (Å²) in [5, 5.41) is 0. The van der Waals surface area contributed by atoms with Gasteiger partial charge in [0.25, 0.3) is 0 Å². The molecule has 3 aliphatic rings. The van der Waals surface area contributed by atoms with E-state index < -0.39 is 0 Å². The lowest BCUT2D eigenvalue weighted by Crippen LogP contribution is -2.51. The maximum atomic E-state index is 13.0. The second-order valence-electron chi connectivity index (χ2n) is 9.20. The van der Waals surface area contributed by atoms with Crippen LogP contribution in [0.3, 0.4) is 0 Å². The third-order valence-electron chi connectivity index (χ3n) is 7.22. The van der Waals surface area contributed by atoms with E-state index in [0.29, 0.717) is 6.61 Å². The predicted octanol–water partition coefficient (Wildman–Crippen LogP) is 6.60. The van der Waals surface area contributed by atoms with Crippen LogP contribution in [0.5, 0.6) is 0 Å². The Morgan fingerprint density at radius 1 is 0.906 bits per heavy atom. The van der Waals surface area contributed by atoms with Gasteiger partial charge in [0.05, 0.1) is 6.04 Å². The molecular formula is C29H27NO2. The fourth-order valence-electron chi connectivity index (χ4n) is 5.67. The number of benzene rings is 3. The number of fused-ring (bicyclic) bond motifs is 5. The zero-order valence-electron chi connectivity index (χ0n) is 18.2. The lowest BCUT2D eigenvalue weighted by Gasteiger charge is -2.44. The minimum Gasteiger partial charge on any atom is -0.445 e. The van der Waals surface area contributed by atoms with Gasteiger partial charge in [0.15, 0.2) is 0 Å². The molecule has 3 heteroatoms. The van der Waals surface area contributed by atoms with Crippen LogP contribution < -0.4 is 0 Å². The van der Waals surface area contributed by atoms with E-state index in [2.05, 4.69) is 48.5 Å². The van der Waals surface area contributed by atoms with Crippen LogP contribution in [0.25, 0.3) is 16.7 Å². The Morgan fingerprint density at radius 2 is 1.72 bits per heavy atom. The number of nitrogens with zero attached hydrogens (tertiary/aromatic N) is 1. The first-order valence-electron chi connectivity index (χ1n) is 11.7. The van der Waals surface area contributed by atoms with Gasteiger partial charge in [-0.05, 0) is 71.1 Å². The average molecular weight is 422 g/mol. The molecule has 1 saturated heterocycles. The zero-order chi connectivity index (χ0) is 21.5. The summed E-state index contributed by atoms with van der Waals surface area (Å²) < 4.78 is 5.70. The van der Waals surface area contributed by atoms with E-state index in [9.17, 15) is 4.79 Å². The molecular weight excluding hydrogens is 394 g/mol. The van der Waals surface area contributed by atoms with Gasteiger partial charge in [0.1, 0.15) is 6.61 Å². The molecule has 3 aromatic rings. The Kier molecular flexibility index (Phi) is 4.83. The summed E-state index contributed by atoms with van der Waals surface area (Å²) in [4.78, 5) is 15.0. The summed E-state index contributed by atoms with van der Waals surface area (Å²) in [6.45, 7) is 0.331. The molecule has 32 heavy (non-hydrogen) atoms. The molecule has 0 N–H and O–H groups in total. The summed E-state index contributed by atoms with van der Waals surface area (Å²) in [5.74, 6) is 0. The molecule has 1 fully saturated rings. The quantitative estimate of drug-likeness (QED) is 0.373. The normalized spacial score (nSPS) is 20.9. The van der Waals surface area contributed by atoms with E-state index >= 15 is 0 Å². The third kappa shape index (κ3) is 3.42. The van der Waals surface area contributed by atoms with Gasteiger partial charge >= 0.3 is 6.09 Å². The maximum absolute atomic E-state index is 13.0. The number of carbonyl (C=O) groups is 1. The van der Waals surface area contributed by atoms with Crippen LogP contribution in [0.4, 0.5) is 4.79 Å². The van der Waals surface area contributed by atoms with Crippen LogP contribution in [0.2, 0.25) is 0 Å². The van der Waals surface area contributed by atoms with Gasteiger partial charge < -0.3 is 4.74 Å². The first kappa shape index (κ1) is 19.4. The van der Waals surface area contributed by atoms with E-state index in [1.807, 2.05) is 35.2 Å².